The zero-order chi connectivity index (χ0) is 20.9. The first-order chi connectivity index (χ1) is 14.7. The van der Waals surface area contributed by atoms with E-state index in [0.717, 1.165) is 30.4 Å². The Balaban J connectivity index is 1.28. The van der Waals surface area contributed by atoms with Gasteiger partial charge in [-0.05, 0) is 24.6 Å². The van der Waals surface area contributed by atoms with Gasteiger partial charge in [0.1, 0.15) is 5.75 Å². The summed E-state index contributed by atoms with van der Waals surface area (Å²) in [5, 5.41) is 12.7. The fourth-order valence-electron chi connectivity index (χ4n) is 3.72. The van der Waals surface area contributed by atoms with E-state index in [1.807, 2.05) is 29.2 Å². The quantitative estimate of drug-likeness (QED) is 0.587. The lowest BCUT2D eigenvalue weighted by molar-refractivity contribution is -0.131. The fourth-order valence-corrected chi connectivity index (χ4v) is 3.72. The van der Waals surface area contributed by atoms with Crippen LogP contribution < -0.4 is 14.4 Å². The fraction of sp³-hybridized carbons (Fsp3) is 0.429. The van der Waals surface area contributed by atoms with E-state index in [-0.39, 0.29) is 5.91 Å². The van der Waals surface area contributed by atoms with Crippen LogP contribution >= 0.6 is 0 Å². The number of aryl methyl sites for hydroxylation is 1. The third kappa shape index (κ3) is 4.14. The standard InChI is InChI=1S/C21H26N6O3/c1-29-17-7-4-3-6-16(17)25-12-14-26(15-13-25)21(28)9-5-8-18-22-23-19-10-11-20(30-2)24-27(18)19/h3-4,6-7,10-11H,5,8-9,12-15H2,1-2H3. The number of rotatable bonds is 7. The molecule has 0 unspecified atom stereocenters. The van der Waals surface area contributed by atoms with Gasteiger partial charge in [-0.2, -0.15) is 4.52 Å². The van der Waals surface area contributed by atoms with E-state index in [1.54, 1.807) is 24.8 Å². The van der Waals surface area contributed by atoms with Gasteiger partial charge < -0.3 is 19.3 Å². The monoisotopic (exact) mass is 410 g/mol. The molecular formula is C21H26N6O3. The highest BCUT2D eigenvalue weighted by atomic mass is 16.5. The smallest absolute Gasteiger partial charge is 0.231 e. The van der Waals surface area contributed by atoms with Crippen molar-refractivity contribution in [1.29, 1.82) is 0 Å². The molecule has 9 heteroatoms. The molecule has 0 atom stereocenters. The number of aromatic nitrogens is 4. The second kappa shape index (κ2) is 8.98. The van der Waals surface area contributed by atoms with Crippen LogP contribution in [0.25, 0.3) is 5.65 Å². The Morgan fingerprint density at radius 2 is 1.80 bits per heavy atom. The van der Waals surface area contributed by atoms with E-state index >= 15 is 0 Å². The molecule has 0 saturated carbocycles. The number of carbonyl (C=O) groups excluding carboxylic acids is 1. The van der Waals surface area contributed by atoms with Gasteiger partial charge >= 0.3 is 0 Å². The molecule has 0 spiro atoms. The molecule has 4 rings (SSSR count). The molecule has 3 aromatic rings. The van der Waals surface area contributed by atoms with Crippen molar-refractivity contribution in [3.05, 3.63) is 42.2 Å². The minimum Gasteiger partial charge on any atom is -0.495 e. The summed E-state index contributed by atoms with van der Waals surface area (Å²) in [6.45, 7) is 3.02. The molecule has 1 aliphatic rings. The lowest BCUT2D eigenvalue weighted by atomic mass is 10.2. The van der Waals surface area contributed by atoms with Crippen LogP contribution in [0.15, 0.2) is 36.4 Å². The summed E-state index contributed by atoms with van der Waals surface area (Å²) in [5.74, 6) is 2.28. The van der Waals surface area contributed by atoms with Crippen molar-refractivity contribution in [2.24, 2.45) is 0 Å². The molecule has 1 saturated heterocycles. The van der Waals surface area contributed by atoms with E-state index < -0.39 is 0 Å². The van der Waals surface area contributed by atoms with Crippen LogP contribution in [0.4, 0.5) is 5.69 Å². The second-order valence-electron chi connectivity index (χ2n) is 7.16. The minimum absolute atomic E-state index is 0.175. The van der Waals surface area contributed by atoms with Gasteiger partial charge in [0.25, 0.3) is 0 Å². The summed E-state index contributed by atoms with van der Waals surface area (Å²) >= 11 is 0. The maximum atomic E-state index is 12.7. The molecule has 30 heavy (non-hydrogen) atoms. The largest absolute Gasteiger partial charge is 0.495 e. The van der Waals surface area contributed by atoms with Crippen molar-refractivity contribution in [2.45, 2.75) is 19.3 Å². The molecule has 1 amide bonds. The topological polar surface area (TPSA) is 85.1 Å². The van der Waals surface area contributed by atoms with Crippen LogP contribution in [0, 0.1) is 0 Å². The Bertz CT molecular complexity index is 1010. The number of methoxy groups -OCH3 is 2. The highest BCUT2D eigenvalue weighted by Crippen LogP contribution is 2.28. The Kier molecular flexibility index (Phi) is 5.97. The van der Waals surface area contributed by atoms with E-state index in [9.17, 15) is 4.79 Å². The van der Waals surface area contributed by atoms with Crippen molar-refractivity contribution in [2.75, 3.05) is 45.3 Å². The molecule has 1 aromatic carbocycles. The molecule has 1 fully saturated rings. The highest BCUT2D eigenvalue weighted by Gasteiger charge is 2.22. The SMILES string of the molecule is COc1ccc2nnc(CCCC(=O)N3CCN(c4ccccc4OC)CC3)n2n1. The Hall–Kier alpha value is -3.36. The van der Waals surface area contributed by atoms with Crippen LogP contribution in [0.1, 0.15) is 18.7 Å². The van der Waals surface area contributed by atoms with Crippen LogP contribution in [0.2, 0.25) is 0 Å². The molecule has 158 valence electrons. The number of ether oxygens (including phenoxy) is 2. The van der Waals surface area contributed by atoms with E-state index in [4.69, 9.17) is 9.47 Å². The Morgan fingerprint density at radius 3 is 2.57 bits per heavy atom. The number of nitrogens with zero attached hydrogens (tertiary/aromatic N) is 6. The maximum absolute atomic E-state index is 12.7. The first-order valence-corrected chi connectivity index (χ1v) is 10.1. The summed E-state index contributed by atoms with van der Waals surface area (Å²) in [7, 11) is 3.26. The van der Waals surface area contributed by atoms with Gasteiger partial charge in [-0.25, -0.2) is 0 Å². The van der Waals surface area contributed by atoms with Crippen molar-refractivity contribution < 1.29 is 14.3 Å². The molecule has 2 aromatic heterocycles. The molecule has 0 N–H and O–H groups in total. The van der Waals surface area contributed by atoms with Crippen molar-refractivity contribution >= 4 is 17.2 Å². The zero-order valence-electron chi connectivity index (χ0n) is 17.3. The number of benzene rings is 1. The predicted molar refractivity (Wildman–Crippen MR) is 112 cm³/mol. The molecule has 0 radical (unpaired) electrons. The first kappa shape index (κ1) is 19.9. The van der Waals surface area contributed by atoms with Gasteiger partial charge in [-0.15, -0.1) is 15.3 Å². The van der Waals surface area contributed by atoms with Crippen LogP contribution in [-0.2, 0) is 11.2 Å². The Morgan fingerprint density at radius 1 is 1.00 bits per heavy atom. The van der Waals surface area contributed by atoms with Gasteiger partial charge in [0.2, 0.25) is 11.8 Å². The Labute approximate surface area is 175 Å². The average molecular weight is 410 g/mol. The number of hydrogen-bond acceptors (Lipinski definition) is 7. The van der Waals surface area contributed by atoms with Gasteiger partial charge in [0.15, 0.2) is 11.5 Å². The molecule has 3 heterocycles. The first-order valence-electron chi connectivity index (χ1n) is 10.1. The minimum atomic E-state index is 0.175. The third-order valence-corrected chi connectivity index (χ3v) is 5.36. The van der Waals surface area contributed by atoms with Crippen LogP contribution in [0.5, 0.6) is 11.6 Å². The molecule has 0 aliphatic carbocycles. The van der Waals surface area contributed by atoms with E-state index in [0.29, 0.717) is 43.9 Å². The summed E-state index contributed by atoms with van der Waals surface area (Å²) in [5.41, 5.74) is 1.75. The number of anilines is 1. The normalized spacial score (nSPS) is 14.2. The second-order valence-corrected chi connectivity index (χ2v) is 7.16. The average Bonchev–Trinajstić information content (AvgIpc) is 3.21. The van der Waals surface area contributed by atoms with Gasteiger partial charge in [0.05, 0.1) is 19.9 Å². The highest BCUT2D eigenvalue weighted by molar-refractivity contribution is 5.76. The number of carbonyl (C=O) groups is 1. The lowest BCUT2D eigenvalue weighted by Crippen LogP contribution is -2.48. The van der Waals surface area contributed by atoms with Crippen molar-refractivity contribution in [1.82, 2.24) is 24.7 Å². The number of para-hydroxylation sites is 2. The predicted octanol–water partition coefficient (Wildman–Crippen LogP) is 1.81. The number of piperazine rings is 1. The molecular weight excluding hydrogens is 384 g/mol. The number of hydrogen-bond donors (Lipinski definition) is 0. The third-order valence-electron chi connectivity index (χ3n) is 5.36. The van der Waals surface area contributed by atoms with Crippen LogP contribution in [0.3, 0.4) is 0 Å². The van der Waals surface area contributed by atoms with Gasteiger partial charge in [-0.1, -0.05) is 12.1 Å². The van der Waals surface area contributed by atoms with Crippen LogP contribution in [-0.4, -0.2) is 71.0 Å². The molecule has 9 nitrogen and oxygen atoms in total. The summed E-state index contributed by atoms with van der Waals surface area (Å²) in [6.07, 6.45) is 1.81. The summed E-state index contributed by atoms with van der Waals surface area (Å²) in [4.78, 5) is 16.9. The maximum Gasteiger partial charge on any atom is 0.231 e. The number of amides is 1. The zero-order valence-corrected chi connectivity index (χ0v) is 17.3. The van der Waals surface area contributed by atoms with E-state index in [2.05, 4.69) is 26.3 Å². The van der Waals surface area contributed by atoms with Gasteiger partial charge in [-0.3, -0.25) is 4.79 Å². The van der Waals surface area contributed by atoms with Gasteiger partial charge in [0, 0.05) is 45.1 Å². The summed E-state index contributed by atoms with van der Waals surface area (Å²) < 4.78 is 12.3. The molecule has 1 aliphatic heterocycles. The van der Waals surface area contributed by atoms with Crippen molar-refractivity contribution in [3.8, 4) is 11.6 Å². The van der Waals surface area contributed by atoms with E-state index in [1.165, 1.54) is 0 Å². The summed E-state index contributed by atoms with van der Waals surface area (Å²) in [6, 6.07) is 11.6. The van der Waals surface area contributed by atoms with Crippen molar-refractivity contribution in [3.63, 3.8) is 0 Å². The number of fused-ring (bicyclic) bond motifs is 1. The lowest BCUT2D eigenvalue weighted by Gasteiger charge is -2.36. The molecule has 0 bridgehead atoms.